The zero-order valence-electron chi connectivity index (χ0n) is 13.1. The highest BCUT2D eigenvalue weighted by Crippen LogP contribution is 2.17. The van der Waals surface area contributed by atoms with Crippen LogP contribution in [0, 0.1) is 0 Å². The number of unbranched alkanes of at least 4 members (excludes halogenated alkanes) is 10. The Balaban J connectivity index is 3.04. The second kappa shape index (κ2) is 16.1. The summed E-state index contributed by atoms with van der Waals surface area (Å²) in [5.74, 6) is 0. The molecule has 0 radical (unpaired) electrons. The fourth-order valence-electron chi connectivity index (χ4n) is 2.46. The monoisotopic (exact) mass is 286 g/mol. The summed E-state index contributed by atoms with van der Waals surface area (Å²) in [4.78, 5) is 0. The number of halogens is 1. The first-order valence-corrected chi connectivity index (χ1v) is 8.99. The molecule has 0 fully saturated rings. The number of allylic oxidation sites excluding steroid dienone is 1. The third-order valence-corrected chi connectivity index (χ3v) is 4.23. The van der Waals surface area contributed by atoms with Gasteiger partial charge < -0.3 is 0 Å². The van der Waals surface area contributed by atoms with Gasteiger partial charge in [0.25, 0.3) is 0 Å². The lowest BCUT2D eigenvalue weighted by Crippen LogP contribution is -1.97. The van der Waals surface area contributed by atoms with Gasteiger partial charge in [-0.2, -0.15) is 0 Å². The Kier molecular flexibility index (Phi) is 16.1. The van der Waals surface area contributed by atoms with Gasteiger partial charge in [-0.15, -0.1) is 18.2 Å². The van der Waals surface area contributed by atoms with Crippen molar-refractivity contribution in [2.24, 2.45) is 0 Å². The number of rotatable bonds is 15. The van der Waals surface area contributed by atoms with Gasteiger partial charge in [0.2, 0.25) is 0 Å². The van der Waals surface area contributed by atoms with E-state index in [9.17, 15) is 0 Å². The van der Waals surface area contributed by atoms with Crippen LogP contribution in [0.4, 0.5) is 0 Å². The molecule has 0 saturated heterocycles. The molecular weight excluding hydrogens is 252 g/mol. The van der Waals surface area contributed by atoms with E-state index in [0.717, 1.165) is 0 Å². The van der Waals surface area contributed by atoms with E-state index >= 15 is 0 Å². The van der Waals surface area contributed by atoms with Crippen LogP contribution >= 0.6 is 11.6 Å². The van der Waals surface area contributed by atoms with Gasteiger partial charge in [0, 0.05) is 5.38 Å². The molecule has 0 aromatic rings. The van der Waals surface area contributed by atoms with Crippen LogP contribution in [0.2, 0.25) is 0 Å². The van der Waals surface area contributed by atoms with Crippen molar-refractivity contribution in [3.63, 3.8) is 0 Å². The van der Waals surface area contributed by atoms with Crippen LogP contribution in [-0.4, -0.2) is 5.38 Å². The fraction of sp³-hybridized carbons (Fsp3) is 0.889. The highest BCUT2D eigenvalue weighted by Gasteiger charge is 2.02. The lowest BCUT2D eigenvalue weighted by atomic mass is 10.0. The van der Waals surface area contributed by atoms with Gasteiger partial charge in [0.1, 0.15) is 0 Å². The van der Waals surface area contributed by atoms with E-state index in [4.69, 9.17) is 11.6 Å². The van der Waals surface area contributed by atoms with Crippen LogP contribution in [0.25, 0.3) is 0 Å². The van der Waals surface area contributed by atoms with Crippen molar-refractivity contribution in [2.75, 3.05) is 0 Å². The van der Waals surface area contributed by atoms with Crippen molar-refractivity contribution in [3.8, 4) is 0 Å². The summed E-state index contributed by atoms with van der Waals surface area (Å²) < 4.78 is 0. The molecule has 0 aromatic heterocycles. The van der Waals surface area contributed by atoms with Crippen molar-refractivity contribution in [1.82, 2.24) is 0 Å². The van der Waals surface area contributed by atoms with Crippen LogP contribution in [-0.2, 0) is 0 Å². The molecule has 0 aliphatic heterocycles. The van der Waals surface area contributed by atoms with E-state index in [2.05, 4.69) is 13.5 Å². The van der Waals surface area contributed by atoms with E-state index in [1.807, 2.05) is 6.08 Å². The van der Waals surface area contributed by atoms with Gasteiger partial charge in [-0.1, -0.05) is 77.2 Å². The predicted molar refractivity (Wildman–Crippen MR) is 90.2 cm³/mol. The minimum atomic E-state index is 0.435. The van der Waals surface area contributed by atoms with Gasteiger partial charge in [-0.25, -0.2) is 0 Å². The Bertz CT molecular complexity index is 177. The standard InChI is InChI=1S/C18H35Cl/c1-3-5-7-8-9-10-11-12-13-14-15-17-18(19)16-6-4-2/h3,18H,1,4-17H2,2H3. The highest BCUT2D eigenvalue weighted by atomic mass is 35.5. The Morgan fingerprint density at radius 2 is 1.26 bits per heavy atom. The smallest absolute Gasteiger partial charge is 0.0336 e. The number of hydrogen-bond donors (Lipinski definition) is 0. The van der Waals surface area contributed by atoms with E-state index in [-0.39, 0.29) is 0 Å². The average molecular weight is 287 g/mol. The summed E-state index contributed by atoms with van der Waals surface area (Å²) in [5.41, 5.74) is 0. The minimum absolute atomic E-state index is 0.435. The maximum absolute atomic E-state index is 6.28. The van der Waals surface area contributed by atoms with Crippen LogP contribution in [0.3, 0.4) is 0 Å². The molecule has 0 aliphatic carbocycles. The molecule has 1 unspecified atom stereocenters. The predicted octanol–water partition coefficient (Wildman–Crippen LogP) is 7.26. The summed E-state index contributed by atoms with van der Waals surface area (Å²) in [6.45, 7) is 5.99. The number of hydrogen-bond acceptors (Lipinski definition) is 0. The Morgan fingerprint density at radius 1 is 0.789 bits per heavy atom. The van der Waals surface area contributed by atoms with Crippen molar-refractivity contribution in [1.29, 1.82) is 0 Å². The van der Waals surface area contributed by atoms with E-state index in [0.29, 0.717) is 5.38 Å². The quantitative estimate of drug-likeness (QED) is 0.169. The summed E-state index contributed by atoms with van der Waals surface area (Å²) in [6.07, 6.45) is 20.7. The molecule has 1 atom stereocenters. The molecule has 0 N–H and O–H groups in total. The lowest BCUT2D eigenvalue weighted by Gasteiger charge is -2.08. The van der Waals surface area contributed by atoms with Crippen molar-refractivity contribution < 1.29 is 0 Å². The molecule has 0 amide bonds. The third kappa shape index (κ3) is 16.0. The molecule has 0 nitrogen and oxygen atoms in total. The zero-order valence-corrected chi connectivity index (χ0v) is 13.9. The van der Waals surface area contributed by atoms with E-state index in [1.165, 1.54) is 89.9 Å². The Hall–Kier alpha value is 0.0300. The van der Waals surface area contributed by atoms with Crippen LogP contribution < -0.4 is 0 Å². The van der Waals surface area contributed by atoms with E-state index < -0.39 is 0 Å². The van der Waals surface area contributed by atoms with Gasteiger partial charge in [-0.3, -0.25) is 0 Å². The molecule has 0 rings (SSSR count). The Labute approximate surface area is 127 Å². The molecule has 0 bridgehead atoms. The molecule has 114 valence electrons. The Morgan fingerprint density at radius 3 is 1.79 bits per heavy atom. The topological polar surface area (TPSA) is 0 Å². The summed E-state index contributed by atoms with van der Waals surface area (Å²) in [7, 11) is 0. The number of alkyl halides is 1. The zero-order chi connectivity index (χ0) is 14.2. The maximum atomic E-state index is 6.28. The largest absolute Gasteiger partial charge is 0.123 e. The first-order valence-electron chi connectivity index (χ1n) is 8.56. The molecule has 0 aliphatic rings. The molecule has 0 heterocycles. The molecular formula is C18H35Cl. The first-order chi connectivity index (χ1) is 9.31. The first kappa shape index (κ1) is 19.0. The van der Waals surface area contributed by atoms with E-state index in [1.54, 1.807) is 0 Å². The molecule has 0 aromatic carbocycles. The van der Waals surface area contributed by atoms with Crippen molar-refractivity contribution in [3.05, 3.63) is 12.7 Å². The summed E-state index contributed by atoms with van der Waals surface area (Å²) >= 11 is 6.28. The summed E-state index contributed by atoms with van der Waals surface area (Å²) in [6, 6.07) is 0. The van der Waals surface area contributed by atoms with Crippen molar-refractivity contribution in [2.45, 2.75) is 102 Å². The lowest BCUT2D eigenvalue weighted by molar-refractivity contribution is 0.539. The van der Waals surface area contributed by atoms with Gasteiger partial charge in [-0.05, 0) is 25.7 Å². The second-order valence-corrected chi connectivity index (χ2v) is 6.40. The molecule has 1 heteroatoms. The van der Waals surface area contributed by atoms with Crippen LogP contribution in [0.5, 0.6) is 0 Å². The average Bonchev–Trinajstić information content (AvgIpc) is 2.42. The summed E-state index contributed by atoms with van der Waals surface area (Å²) in [5, 5.41) is 0.435. The highest BCUT2D eigenvalue weighted by molar-refractivity contribution is 6.20. The molecule has 19 heavy (non-hydrogen) atoms. The van der Waals surface area contributed by atoms with Gasteiger partial charge in [0.15, 0.2) is 0 Å². The third-order valence-electron chi connectivity index (χ3n) is 3.80. The SMILES string of the molecule is C=CCCCCCCCCCCCC(Cl)CCCC. The fourth-order valence-corrected chi connectivity index (χ4v) is 2.77. The molecule has 0 spiro atoms. The van der Waals surface area contributed by atoms with Crippen LogP contribution in [0.1, 0.15) is 96.8 Å². The second-order valence-electron chi connectivity index (χ2n) is 5.79. The van der Waals surface area contributed by atoms with Crippen LogP contribution in [0.15, 0.2) is 12.7 Å². The minimum Gasteiger partial charge on any atom is -0.123 e. The maximum Gasteiger partial charge on any atom is 0.0336 e. The normalized spacial score (nSPS) is 12.5. The van der Waals surface area contributed by atoms with Gasteiger partial charge in [0.05, 0.1) is 0 Å². The molecule has 0 saturated carbocycles. The van der Waals surface area contributed by atoms with Gasteiger partial charge >= 0.3 is 0 Å². The van der Waals surface area contributed by atoms with Crippen molar-refractivity contribution >= 4 is 11.6 Å².